The van der Waals surface area contributed by atoms with Crippen LogP contribution in [0.25, 0.3) is 11.5 Å². The number of aromatic nitrogens is 2. The summed E-state index contributed by atoms with van der Waals surface area (Å²) in [6.45, 7) is 1.97. The van der Waals surface area contributed by atoms with Gasteiger partial charge >= 0.3 is 7.12 Å². The van der Waals surface area contributed by atoms with Crippen molar-refractivity contribution in [3.05, 3.63) is 16.8 Å². The minimum atomic E-state index is -1.37. The van der Waals surface area contributed by atoms with Crippen LogP contribution in [0.1, 0.15) is 13.3 Å². The molecule has 68 valence electrons. The molecule has 1 aliphatic rings. The highest BCUT2D eigenvalue weighted by Crippen LogP contribution is 2.17. The maximum absolute atomic E-state index is 9.18. The van der Waals surface area contributed by atoms with Gasteiger partial charge in [0.25, 0.3) is 0 Å². The summed E-state index contributed by atoms with van der Waals surface area (Å²) in [5, 5.41) is 26.8. The molecule has 0 saturated heterocycles. The third-order valence-corrected chi connectivity index (χ3v) is 2.46. The molecular weight excluding hydrogens is 167 g/mol. The normalized spacial score (nSPS) is 20.8. The van der Waals surface area contributed by atoms with E-state index >= 15 is 0 Å². The van der Waals surface area contributed by atoms with Crippen LogP contribution >= 0.6 is 0 Å². The van der Waals surface area contributed by atoms with E-state index in [1.165, 1.54) is 0 Å². The molecule has 0 spiro atoms. The molecule has 0 bridgehead atoms. The fraction of sp³-hybridized carbons (Fsp3) is 0.375. The van der Waals surface area contributed by atoms with Crippen LogP contribution in [0.3, 0.4) is 0 Å². The van der Waals surface area contributed by atoms with Crippen LogP contribution in [-0.2, 0) is 0 Å². The van der Waals surface area contributed by atoms with Crippen molar-refractivity contribution in [3.8, 4) is 0 Å². The molecule has 0 saturated carbocycles. The first kappa shape index (κ1) is 8.53. The Kier molecular flexibility index (Phi) is 1.98. The lowest BCUT2D eigenvalue weighted by molar-refractivity contribution is 0.421. The Morgan fingerprint density at radius 1 is 1.62 bits per heavy atom. The van der Waals surface area contributed by atoms with Gasteiger partial charge in [-0.2, -0.15) is 5.10 Å². The third kappa shape index (κ3) is 1.30. The first-order valence-electron chi connectivity index (χ1n) is 4.30. The van der Waals surface area contributed by atoms with Crippen molar-refractivity contribution in [3.63, 3.8) is 0 Å². The van der Waals surface area contributed by atoms with Crippen LogP contribution in [0.2, 0.25) is 0 Å². The van der Waals surface area contributed by atoms with Crippen molar-refractivity contribution < 1.29 is 10.0 Å². The van der Waals surface area contributed by atoms with Gasteiger partial charge in [0.05, 0.1) is 11.5 Å². The predicted molar refractivity (Wildman–Crippen MR) is 49.7 cm³/mol. The van der Waals surface area contributed by atoms with E-state index in [0.29, 0.717) is 5.47 Å². The van der Waals surface area contributed by atoms with Gasteiger partial charge in [-0.3, -0.25) is 5.10 Å². The molecule has 1 aliphatic carbocycles. The van der Waals surface area contributed by atoms with E-state index in [0.717, 1.165) is 17.0 Å². The molecule has 1 aromatic heterocycles. The van der Waals surface area contributed by atoms with Gasteiger partial charge in [-0.05, 0) is 17.8 Å². The summed E-state index contributed by atoms with van der Waals surface area (Å²) in [4.78, 5) is 0. The summed E-state index contributed by atoms with van der Waals surface area (Å²) in [6.07, 6.45) is 4.48. The van der Waals surface area contributed by atoms with E-state index in [4.69, 9.17) is 0 Å². The van der Waals surface area contributed by atoms with Crippen LogP contribution < -0.4 is 10.6 Å². The van der Waals surface area contributed by atoms with Gasteiger partial charge in [-0.15, -0.1) is 0 Å². The number of nitrogens with zero attached hydrogens (tertiary/aromatic N) is 1. The monoisotopic (exact) mass is 178 g/mol. The van der Waals surface area contributed by atoms with Crippen molar-refractivity contribution in [1.29, 1.82) is 0 Å². The lowest BCUT2D eigenvalue weighted by Crippen LogP contribution is -2.37. The van der Waals surface area contributed by atoms with Gasteiger partial charge in [0.1, 0.15) is 0 Å². The number of hydrogen-bond donors (Lipinski definition) is 3. The summed E-state index contributed by atoms with van der Waals surface area (Å²) in [5.41, 5.74) is 0.659. The first-order chi connectivity index (χ1) is 6.20. The largest absolute Gasteiger partial charge is 0.485 e. The zero-order valence-electron chi connectivity index (χ0n) is 7.36. The first-order valence-corrected chi connectivity index (χ1v) is 4.30. The van der Waals surface area contributed by atoms with Crippen LogP contribution in [-0.4, -0.2) is 27.4 Å². The number of aromatic amines is 1. The standard InChI is InChI=1S/C8H11BN2O2/c1-5-2-3-7-6(4-10-11-7)8(5)9(12)13/h3-5,11-13H,2H2,1H3. The second-order valence-corrected chi connectivity index (χ2v) is 3.37. The maximum Gasteiger partial charge on any atom is 0.485 e. The third-order valence-electron chi connectivity index (χ3n) is 2.46. The second kappa shape index (κ2) is 3.01. The molecule has 0 fully saturated rings. The smallest absolute Gasteiger partial charge is 0.423 e. The van der Waals surface area contributed by atoms with Crippen molar-refractivity contribution >= 4 is 18.7 Å². The topological polar surface area (TPSA) is 69.1 Å². The highest BCUT2D eigenvalue weighted by Gasteiger charge is 2.24. The fourth-order valence-corrected chi connectivity index (χ4v) is 1.76. The van der Waals surface area contributed by atoms with Crippen molar-refractivity contribution in [1.82, 2.24) is 10.2 Å². The predicted octanol–water partition coefficient (Wildman–Crippen LogP) is -1.61. The van der Waals surface area contributed by atoms with Crippen molar-refractivity contribution in [2.75, 3.05) is 0 Å². The summed E-state index contributed by atoms with van der Waals surface area (Å²) < 4.78 is 0. The molecule has 1 unspecified atom stereocenters. The quantitative estimate of drug-likeness (QED) is 0.453. The molecule has 2 rings (SSSR count). The van der Waals surface area contributed by atoms with E-state index in [1.54, 1.807) is 6.20 Å². The molecule has 13 heavy (non-hydrogen) atoms. The molecule has 0 aliphatic heterocycles. The Morgan fingerprint density at radius 3 is 3.08 bits per heavy atom. The van der Waals surface area contributed by atoms with Gasteiger partial charge in [0.2, 0.25) is 0 Å². The lowest BCUT2D eigenvalue weighted by atomic mass is 9.69. The van der Waals surface area contributed by atoms with Crippen LogP contribution in [0, 0.1) is 5.92 Å². The number of rotatable bonds is 1. The second-order valence-electron chi connectivity index (χ2n) is 3.37. The SMILES string of the molecule is CC1CC=c2[nH]ncc2=C1B(O)O. The van der Waals surface area contributed by atoms with E-state index in [2.05, 4.69) is 10.2 Å². The summed E-state index contributed by atoms with van der Waals surface area (Å²) in [7, 11) is -1.37. The molecular formula is C8H11BN2O2. The summed E-state index contributed by atoms with van der Waals surface area (Å²) in [6, 6.07) is 0. The van der Waals surface area contributed by atoms with Crippen LogP contribution in [0.4, 0.5) is 0 Å². The fourth-order valence-electron chi connectivity index (χ4n) is 1.76. The van der Waals surface area contributed by atoms with E-state index < -0.39 is 7.12 Å². The minimum absolute atomic E-state index is 0.171. The zero-order valence-corrected chi connectivity index (χ0v) is 7.36. The molecule has 1 heterocycles. The van der Waals surface area contributed by atoms with Gasteiger partial charge in [0, 0.05) is 5.22 Å². The number of H-pyrrole nitrogens is 1. The Hall–Kier alpha value is -1.07. The highest BCUT2D eigenvalue weighted by atomic mass is 16.4. The van der Waals surface area contributed by atoms with E-state index in [-0.39, 0.29) is 5.92 Å². The number of hydrogen-bond acceptors (Lipinski definition) is 3. The Bertz CT molecular complexity index is 424. The number of nitrogens with one attached hydrogen (secondary N) is 1. The summed E-state index contributed by atoms with van der Waals surface area (Å²) >= 11 is 0. The van der Waals surface area contributed by atoms with Gasteiger partial charge in [-0.25, -0.2) is 0 Å². The van der Waals surface area contributed by atoms with Gasteiger partial charge in [-0.1, -0.05) is 13.0 Å². The minimum Gasteiger partial charge on any atom is -0.423 e. The Labute approximate surface area is 75.7 Å². The maximum atomic E-state index is 9.18. The number of fused-ring (bicyclic) bond motifs is 1. The van der Waals surface area contributed by atoms with Crippen LogP contribution in [0.5, 0.6) is 0 Å². The molecule has 1 aromatic rings. The molecule has 0 amide bonds. The van der Waals surface area contributed by atoms with E-state index in [9.17, 15) is 10.0 Å². The molecule has 5 heteroatoms. The Balaban J connectivity index is 2.74. The van der Waals surface area contributed by atoms with Crippen molar-refractivity contribution in [2.24, 2.45) is 5.92 Å². The molecule has 4 nitrogen and oxygen atoms in total. The molecule has 0 radical (unpaired) electrons. The molecule has 3 N–H and O–H groups in total. The Morgan fingerprint density at radius 2 is 2.38 bits per heavy atom. The van der Waals surface area contributed by atoms with Crippen molar-refractivity contribution in [2.45, 2.75) is 13.3 Å². The summed E-state index contributed by atoms with van der Waals surface area (Å²) in [5.74, 6) is 0.171. The van der Waals surface area contributed by atoms with Gasteiger partial charge < -0.3 is 10.0 Å². The highest BCUT2D eigenvalue weighted by molar-refractivity contribution is 6.63. The van der Waals surface area contributed by atoms with Crippen LogP contribution in [0.15, 0.2) is 6.20 Å². The average molecular weight is 178 g/mol. The molecule has 0 aromatic carbocycles. The zero-order chi connectivity index (χ0) is 9.42. The molecule has 1 atom stereocenters. The average Bonchev–Trinajstić information content (AvgIpc) is 2.50. The van der Waals surface area contributed by atoms with E-state index in [1.807, 2.05) is 13.0 Å². The van der Waals surface area contributed by atoms with Gasteiger partial charge in [0.15, 0.2) is 0 Å². The lowest BCUT2D eigenvalue weighted by Gasteiger charge is -2.15.